The summed E-state index contributed by atoms with van der Waals surface area (Å²) in [5, 5.41) is 3.23. The second-order valence-corrected chi connectivity index (χ2v) is 6.40. The van der Waals surface area contributed by atoms with Crippen molar-refractivity contribution in [2.45, 2.75) is 18.7 Å². The molecule has 0 radical (unpaired) electrons. The van der Waals surface area contributed by atoms with Crippen molar-refractivity contribution >= 4 is 33.3 Å². The highest BCUT2D eigenvalue weighted by molar-refractivity contribution is 7.92. The molecule has 0 fully saturated rings. The first-order chi connectivity index (χ1) is 9.94. The van der Waals surface area contributed by atoms with Gasteiger partial charge in [0, 0.05) is 6.54 Å². The molecule has 2 rings (SSSR count). The first-order valence-electron chi connectivity index (χ1n) is 6.28. The fraction of sp³-hybridized carbons (Fsp3) is 0.231. The van der Waals surface area contributed by atoms with E-state index in [4.69, 9.17) is 11.6 Å². The molecular formula is C13H15ClN4O2S. The fourth-order valence-corrected chi connectivity index (χ4v) is 3.02. The largest absolute Gasteiger partial charge is 0.355 e. The molecule has 0 unspecified atom stereocenters. The lowest BCUT2D eigenvalue weighted by Gasteiger charge is -2.12. The zero-order valence-electron chi connectivity index (χ0n) is 11.6. The topological polar surface area (TPSA) is 84.0 Å². The van der Waals surface area contributed by atoms with Gasteiger partial charge in [-0.05, 0) is 25.5 Å². The number of hydrogen-bond donors (Lipinski definition) is 2. The third-order valence-electron chi connectivity index (χ3n) is 2.73. The average molecular weight is 327 g/mol. The maximum absolute atomic E-state index is 12.3. The van der Waals surface area contributed by atoms with E-state index in [1.165, 1.54) is 12.4 Å². The molecule has 21 heavy (non-hydrogen) atoms. The van der Waals surface area contributed by atoms with Crippen molar-refractivity contribution in [2.24, 2.45) is 0 Å². The van der Waals surface area contributed by atoms with Crippen molar-refractivity contribution in [2.75, 3.05) is 16.6 Å². The number of halogens is 1. The molecule has 0 saturated heterocycles. The van der Waals surface area contributed by atoms with Crippen molar-refractivity contribution in [1.82, 2.24) is 9.97 Å². The van der Waals surface area contributed by atoms with Gasteiger partial charge in [0.25, 0.3) is 10.0 Å². The summed E-state index contributed by atoms with van der Waals surface area (Å²) in [4.78, 5) is 7.87. The van der Waals surface area contributed by atoms with Crippen molar-refractivity contribution in [1.29, 1.82) is 0 Å². The molecule has 1 heterocycles. The molecule has 0 aliphatic heterocycles. The Morgan fingerprint density at radius 1 is 1.24 bits per heavy atom. The van der Waals surface area contributed by atoms with Gasteiger partial charge in [-0.3, -0.25) is 4.72 Å². The number of aryl methyl sites for hydroxylation is 1. The monoisotopic (exact) mass is 326 g/mol. The summed E-state index contributed by atoms with van der Waals surface area (Å²) in [6.45, 7) is 4.33. The minimum absolute atomic E-state index is 0.0246. The van der Waals surface area contributed by atoms with Crippen LogP contribution in [0.4, 0.5) is 11.6 Å². The van der Waals surface area contributed by atoms with Gasteiger partial charge in [-0.25, -0.2) is 18.4 Å². The Morgan fingerprint density at radius 2 is 1.90 bits per heavy atom. The van der Waals surface area contributed by atoms with Crippen LogP contribution >= 0.6 is 11.6 Å². The van der Waals surface area contributed by atoms with E-state index < -0.39 is 10.0 Å². The molecular weight excluding hydrogens is 312 g/mol. The summed E-state index contributed by atoms with van der Waals surface area (Å²) in [7, 11) is -3.78. The van der Waals surface area contributed by atoms with Crippen LogP contribution in [-0.4, -0.2) is 24.9 Å². The van der Waals surface area contributed by atoms with Gasteiger partial charge in [0.15, 0.2) is 0 Å². The van der Waals surface area contributed by atoms with E-state index in [-0.39, 0.29) is 4.90 Å². The third kappa shape index (κ3) is 3.62. The summed E-state index contributed by atoms with van der Waals surface area (Å²) < 4.78 is 27.1. The first-order valence-corrected chi connectivity index (χ1v) is 8.14. The van der Waals surface area contributed by atoms with Crippen molar-refractivity contribution in [3.8, 4) is 0 Å². The molecule has 0 aliphatic rings. The van der Waals surface area contributed by atoms with Crippen LogP contribution in [0.15, 0.2) is 35.5 Å². The van der Waals surface area contributed by atoms with Crippen LogP contribution in [-0.2, 0) is 10.0 Å². The highest BCUT2D eigenvalue weighted by atomic mass is 35.5. The number of anilines is 2. The van der Waals surface area contributed by atoms with E-state index >= 15 is 0 Å². The van der Waals surface area contributed by atoms with E-state index in [1.54, 1.807) is 25.1 Å². The van der Waals surface area contributed by atoms with Gasteiger partial charge in [0.05, 0.1) is 23.1 Å². The number of sulfonamides is 1. The lowest BCUT2D eigenvalue weighted by Crippen LogP contribution is -2.15. The quantitative estimate of drug-likeness (QED) is 0.882. The predicted octanol–water partition coefficient (Wildman–Crippen LogP) is 2.67. The van der Waals surface area contributed by atoms with E-state index in [0.29, 0.717) is 23.2 Å². The SMILES string of the molecule is CCNc1ncc(S(=O)(=O)Nc2c(C)cccc2Cl)cn1. The van der Waals surface area contributed by atoms with E-state index in [9.17, 15) is 8.42 Å². The van der Waals surface area contributed by atoms with Gasteiger partial charge in [0.1, 0.15) is 4.90 Å². The second kappa shape index (κ2) is 6.28. The molecule has 0 spiro atoms. The van der Waals surface area contributed by atoms with Crippen LogP contribution in [0.5, 0.6) is 0 Å². The Labute approximate surface area is 128 Å². The predicted molar refractivity (Wildman–Crippen MR) is 83.2 cm³/mol. The van der Waals surface area contributed by atoms with E-state index in [2.05, 4.69) is 20.0 Å². The van der Waals surface area contributed by atoms with Gasteiger partial charge < -0.3 is 5.32 Å². The number of hydrogen-bond acceptors (Lipinski definition) is 5. The molecule has 2 aromatic rings. The Morgan fingerprint density at radius 3 is 2.48 bits per heavy atom. The van der Waals surface area contributed by atoms with Gasteiger partial charge in [0.2, 0.25) is 5.95 Å². The number of benzene rings is 1. The molecule has 1 aromatic carbocycles. The van der Waals surface area contributed by atoms with Crippen LogP contribution in [0.3, 0.4) is 0 Å². The Bertz CT molecular complexity index is 712. The highest BCUT2D eigenvalue weighted by Gasteiger charge is 2.18. The Balaban J connectivity index is 2.30. The second-order valence-electron chi connectivity index (χ2n) is 4.31. The molecule has 1 aromatic heterocycles. The smallest absolute Gasteiger partial charge is 0.265 e. The highest BCUT2D eigenvalue weighted by Crippen LogP contribution is 2.27. The van der Waals surface area contributed by atoms with Crippen molar-refractivity contribution in [3.05, 3.63) is 41.2 Å². The normalized spacial score (nSPS) is 11.2. The van der Waals surface area contributed by atoms with Gasteiger partial charge in [-0.15, -0.1) is 0 Å². The number of rotatable bonds is 5. The standard InChI is InChI=1S/C13H15ClN4O2S/c1-3-15-13-16-7-10(8-17-13)21(19,20)18-12-9(2)5-4-6-11(12)14/h4-8,18H,3H2,1-2H3,(H,15,16,17). The van der Waals surface area contributed by atoms with Gasteiger partial charge in [-0.1, -0.05) is 23.7 Å². The van der Waals surface area contributed by atoms with Gasteiger partial charge in [-0.2, -0.15) is 0 Å². The van der Waals surface area contributed by atoms with Crippen molar-refractivity contribution in [3.63, 3.8) is 0 Å². The molecule has 0 amide bonds. The lowest BCUT2D eigenvalue weighted by molar-refractivity contribution is 0.600. The van der Waals surface area contributed by atoms with Crippen LogP contribution in [0.2, 0.25) is 5.02 Å². The van der Waals surface area contributed by atoms with E-state index in [1.807, 2.05) is 6.92 Å². The van der Waals surface area contributed by atoms with Gasteiger partial charge >= 0.3 is 0 Å². The molecule has 0 atom stereocenters. The molecule has 8 heteroatoms. The van der Waals surface area contributed by atoms with Crippen LogP contribution in [0, 0.1) is 6.92 Å². The number of nitrogens with one attached hydrogen (secondary N) is 2. The van der Waals surface area contributed by atoms with E-state index in [0.717, 1.165) is 5.56 Å². The summed E-state index contributed by atoms with van der Waals surface area (Å²) in [6, 6.07) is 5.15. The maximum atomic E-state index is 12.3. The summed E-state index contributed by atoms with van der Waals surface area (Å²) >= 11 is 6.02. The number of aromatic nitrogens is 2. The maximum Gasteiger partial charge on any atom is 0.265 e. The minimum Gasteiger partial charge on any atom is -0.355 e. The zero-order chi connectivity index (χ0) is 15.5. The number of para-hydroxylation sites is 1. The van der Waals surface area contributed by atoms with Crippen LogP contribution in [0.1, 0.15) is 12.5 Å². The molecule has 2 N–H and O–H groups in total. The Kier molecular flexibility index (Phi) is 4.64. The van der Waals surface area contributed by atoms with Crippen LogP contribution in [0.25, 0.3) is 0 Å². The average Bonchev–Trinajstić information content (AvgIpc) is 2.44. The minimum atomic E-state index is -3.78. The zero-order valence-corrected chi connectivity index (χ0v) is 13.2. The molecule has 0 saturated carbocycles. The molecule has 6 nitrogen and oxygen atoms in total. The molecule has 112 valence electrons. The molecule has 0 aliphatic carbocycles. The summed E-state index contributed by atoms with van der Waals surface area (Å²) in [5.74, 6) is 0.380. The molecule has 0 bridgehead atoms. The third-order valence-corrected chi connectivity index (χ3v) is 4.35. The Hall–Kier alpha value is -1.86. The number of nitrogens with zero attached hydrogens (tertiary/aromatic N) is 2. The fourth-order valence-electron chi connectivity index (χ4n) is 1.66. The first kappa shape index (κ1) is 15.5. The van der Waals surface area contributed by atoms with Crippen molar-refractivity contribution < 1.29 is 8.42 Å². The van der Waals surface area contributed by atoms with Crippen LogP contribution < -0.4 is 10.0 Å². The summed E-state index contributed by atoms with van der Waals surface area (Å²) in [5.41, 5.74) is 1.09. The summed E-state index contributed by atoms with van der Waals surface area (Å²) in [6.07, 6.45) is 2.50. The lowest BCUT2D eigenvalue weighted by atomic mass is 10.2.